The summed E-state index contributed by atoms with van der Waals surface area (Å²) in [6.07, 6.45) is 4.93. The maximum atomic E-state index is 9.30. The lowest BCUT2D eigenvalue weighted by molar-refractivity contribution is -0.00412. The van der Waals surface area contributed by atoms with E-state index in [1.54, 1.807) is 23.1 Å². The second-order valence-electron chi connectivity index (χ2n) is 38.6. The van der Waals surface area contributed by atoms with Crippen LogP contribution in [0.5, 0.6) is 52.1 Å². The highest BCUT2D eigenvalue weighted by atomic mass is 35.5. The number of β-amino-alcohol motifs (C(OH)–C–C–N with tert-alkyl or cyclic N) is 1. The van der Waals surface area contributed by atoms with Gasteiger partial charge in [-0.2, -0.15) is 0 Å². The van der Waals surface area contributed by atoms with Gasteiger partial charge in [0, 0.05) is 146 Å². The number of fused-ring (bicyclic) bond motifs is 5. The number of likely N-dealkylation sites (tertiary alicyclic amines) is 2. The van der Waals surface area contributed by atoms with Gasteiger partial charge in [-0.3, -0.25) is 14.7 Å². The number of nitrogens with one attached hydrogen (secondary N) is 2. The number of ether oxygens (including phenoxy) is 11. The predicted molar refractivity (Wildman–Crippen MR) is 538 cm³/mol. The molecule has 3 fully saturated rings. The van der Waals surface area contributed by atoms with Gasteiger partial charge in [0.2, 0.25) is 17.6 Å². The molecule has 132 heavy (non-hydrogen) atoms. The van der Waals surface area contributed by atoms with E-state index in [2.05, 4.69) is 90.1 Å². The molecule has 0 amide bonds. The molecule has 5 aromatic carbocycles. The minimum absolute atomic E-state index is 0.200. The number of anilines is 2. The number of halogens is 4. The first-order chi connectivity index (χ1) is 62.4. The Hall–Kier alpha value is -9.33. The van der Waals surface area contributed by atoms with Crippen LogP contribution in [0.1, 0.15) is 150 Å². The molecule has 0 atom stereocenters. The molecule has 3 N–H and O–H groups in total. The van der Waals surface area contributed by atoms with E-state index >= 15 is 0 Å². The van der Waals surface area contributed by atoms with Gasteiger partial charge in [-0.25, -0.2) is 34.6 Å². The van der Waals surface area contributed by atoms with Crippen LogP contribution >= 0.6 is 57.7 Å². The third kappa shape index (κ3) is 31.9. The summed E-state index contributed by atoms with van der Waals surface area (Å²) in [4.78, 5) is 37.1. The number of aliphatic hydroxyl groups is 1. The lowest BCUT2D eigenvalue weighted by atomic mass is 10.0. The number of aromatic nitrogens is 8. The van der Waals surface area contributed by atoms with Crippen LogP contribution in [0.3, 0.4) is 0 Å². The number of hydrogen-bond donors (Lipinski definition) is 3. The van der Waals surface area contributed by atoms with Crippen LogP contribution in [0.4, 0.5) is 10.9 Å². The molecule has 26 nitrogen and oxygen atoms in total. The van der Waals surface area contributed by atoms with Crippen molar-refractivity contribution in [2.24, 2.45) is 0 Å². The van der Waals surface area contributed by atoms with Gasteiger partial charge in [-0.1, -0.05) is 70.7 Å². The van der Waals surface area contributed by atoms with Crippen molar-refractivity contribution in [1.82, 2.24) is 59.3 Å². The molecule has 31 heteroatoms. The van der Waals surface area contributed by atoms with Crippen molar-refractivity contribution in [2.75, 3.05) is 144 Å². The first-order valence-corrected chi connectivity index (χ1v) is 47.8. The van der Waals surface area contributed by atoms with E-state index in [4.69, 9.17) is 113 Å². The van der Waals surface area contributed by atoms with E-state index < -0.39 is 0 Å². The molecule has 0 bridgehead atoms. The highest BCUT2D eigenvalue weighted by Crippen LogP contribution is 2.42. The number of methoxy groups -OCH3 is 1. The predicted octanol–water partition coefficient (Wildman–Crippen LogP) is 22.0. The first-order valence-electron chi connectivity index (χ1n) is 45.4. The zero-order chi connectivity index (χ0) is 95.4. The number of aliphatic hydroxyl groups excluding tert-OH is 1. The molecule has 12 aromatic rings. The molecule has 10 heterocycles. The lowest BCUT2D eigenvalue weighted by Crippen LogP contribution is -2.51. The molecule has 15 rings (SSSR count). The van der Waals surface area contributed by atoms with E-state index in [0.29, 0.717) is 119 Å². The summed E-state index contributed by atoms with van der Waals surface area (Å²) in [5.41, 5.74) is 4.73. The van der Waals surface area contributed by atoms with Crippen molar-refractivity contribution in [3.63, 3.8) is 0 Å². The molecule has 0 spiro atoms. The Balaban J connectivity index is 0.000000161. The van der Waals surface area contributed by atoms with Crippen LogP contribution in [-0.2, 0) is 15.9 Å². The second-order valence-corrected chi connectivity index (χ2v) is 41.0. The molecule has 7 aromatic heterocycles. The van der Waals surface area contributed by atoms with Crippen LogP contribution in [0.25, 0.3) is 71.7 Å². The fourth-order valence-corrected chi connectivity index (χ4v) is 15.9. The van der Waals surface area contributed by atoms with Gasteiger partial charge in [0.1, 0.15) is 100 Å². The van der Waals surface area contributed by atoms with Gasteiger partial charge < -0.3 is 72.7 Å². The smallest absolute Gasteiger partial charge is 0.217 e. The largest absolute Gasteiger partial charge is 0.491 e. The number of thiazole rings is 1. The Morgan fingerprint density at radius 3 is 1.44 bits per heavy atom. The van der Waals surface area contributed by atoms with Crippen molar-refractivity contribution in [3.05, 3.63) is 159 Å². The number of hydrogen-bond acceptors (Lipinski definition) is 26. The normalized spacial score (nSPS) is 14.2. The molecule has 3 aliphatic heterocycles. The standard InChI is InChI=1S/C26H35ClN4O2S.C22H30N4O3.C18H23ClN2O3.C18H23ClN2O2.C17H23ClN2O2/c1-17(2)28-25-30-21(16-34-25)20-15-22(33-26(3,4)5)19-9-8-18(23(27)24(19)29-20)7-6-10-31-11-13-32-14-12-31;1-15(2)23-20-9-10-26(25-20)21-14-19(29-22(3,4)5)17-8-7-16(13-18(17)24-21)28-12-11-27-6;1-18(2,3)24-15-9-16(23-8-7-21-10-12(22)11-21)20-17-13(15)5-4-6-14(17)19;1-18(2,3)23-15-12-16(22-11-10-21-8-5-9-21)20-17-13(15)6-4-7-14(17)19;1-17(2,3)22-14-11-15(21-10-9-20(4)5)19-16-12(14)7-6-8-13(16)18/h8-9,15-17H,6-7,10-14H2,1-5H3,(H,28,30);7-10,13-15H,11-12H2,1-6H3,(H,23,25);4-6,9,12,22H,7-8,10-11H2,1-3H3;4,6-7,12H,5,8-11H2,1-3H3;6-8,11H,9-10H2,1-5H3. The molecular formula is C101H134Cl4N14O12S. The zero-order valence-electron chi connectivity index (χ0n) is 80.8. The Morgan fingerprint density at radius 2 is 0.962 bits per heavy atom. The molecule has 714 valence electrons. The molecule has 3 aliphatic rings. The number of para-hydroxylation sites is 3. The van der Waals surface area contributed by atoms with Crippen LogP contribution in [0.2, 0.25) is 20.1 Å². The Morgan fingerprint density at radius 1 is 0.485 bits per heavy atom. The number of morpholine rings is 1. The first kappa shape index (κ1) is 103. The van der Waals surface area contributed by atoms with Gasteiger partial charge in [-0.05, 0) is 245 Å². The van der Waals surface area contributed by atoms with Crippen molar-refractivity contribution in [1.29, 1.82) is 0 Å². The van der Waals surface area contributed by atoms with E-state index in [1.165, 1.54) is 19.5 Å². The number of aryl methyl sites for hydroxylation is 1. The SMILES string of the molecule is CC(C)(C)Oc1cc(OCCN2CC(O)C2)nc2c(Cl)cccc12.CC(C)(C)Oc1cc(OCCN2CCC2)nc2c(Cl)cccc12.CC(C)Nc1nc(-c2cc(OC(C)(C)C)c3ccc(CCCN4CCOCC4)c(Cl)c3n2)cs1.CN(C)CCOc1cc(OC(C)(C)C)c2cccc(Cl)c2n1.COCCOc1ccc2c(OC(C)(C)C)cc(-n3ccc(NC(C)C)n3)nc2c1. The molecule has 3 saturated heterocycles. The topological polar surface area (TPSA) is 254 Å². The molecule has 0 saturated carbocycles. The summed E-state index contributed by atoms with van der Waals surface area (Å²) in [5.74, 6) is 7.55. The van der Waals surface area contributed by atoms with Crippen molar-refractivity contribution in [2.45, 2.75) is 197 Å². The van der Waals surface area contributed by atoms with E-state index in [1.807, 2.05) is 239 Å². The van der Waals surface area contributed by atoms with Crippen molar-refractivity contribution in [3.8, 4) is 69.3 Å². The van der Waals surface area contributed by atoms with Gasteiger partial charge in [0.15, 0.2) is 10.9 Å². The number of likely N-dealkylation sites (N-methyl/N-ethyl adjacent to an activating group) is 1. The zero-order valence-corrected chi connectivity index (χ0v) is 84.6. The van der Waals surface area contributed by atoms with E-state index in [-0.39, 0.29) is 34.1 Å². The maximum absolute atomic E-state index is 9.30. The minimum atomic E-state index is -0.346. The quantitative estimate of drug-likeness (QED) is 0.0341. The Kier molecular flexibility index (Phi) is 36.5. The highest BCUT2D eigenvalue weighted by molar-refractivity contribution is 7.14. The fourth-order valence-electron chi connectivity index (χ4n) is 14.0. The van der Waals surface area contributed by atoms with Gasteiger partial charge in [0.05, 0.1) is 79.3 Å². The Labute approximate surface area is 802 Å². The van der Waals surface area contributed by atoms with Crippen LogP contribution in [0.15, 0.2) is 133 Å². The maximum Gasteiger partial charge on any atom is 0.217 e. The third-order valence-electron chi connectivity index (χ3n) is 20.0. The summed E-state index contributed by atoms with van der Waals surface area (Å²) in [6.45, 7) is 52.3. The monoisotopic (exact) mass is 1910 g/mol. The molecule has 0 unspecified atom stereocenters. The highest BCUT2D eigenvalue weighted by Gasteiger charge is 2.28. The summed E-state index contributed by atoms with van der Waals surface area (Å²) in [5, 5.41) is 30.5. The van der Waals surface area contributed by atoms with Crippen LogP contribution in [-0.4, -0.2) is 243 Å². The Bertz CT molecular complexity index is 5760. The number of rotatable bonds is 31. The minimum Gasteiger partial charge on any atom is -0.491 e. The number of benzene rings is 5. The second kappa shape index (κ2) is 46.8. The summed E-state index contributed by atoms with van der Waals surface area (Å²) < 4.78 is 66.2. The number of pyridine rings is 5. The number of nitrogens with zero attached hydrogens (tertiary/aromatic N) is 12. The summed E-state index contributed by atoms with van der Waals surface area (Å²) >= 11 is 27.4. The average Bonchev–Trinajstić information content (AvgIpc) is 1.45. The third-order valence-corrected chi connectivity index (χ3v) is 22.1. The summed E-state index contributed by atoms with van der Waals surface area (Å²) in [7, 11) is 5.66. The van der Waals surface area contributed by atoms with Gasteiger partial charge >= 0.3 is 0 Å². The van der Waals surface area contributed by atoms with Crippen LogP contribution < -0.4 is 53.3 Å². The van der Waals surface area contributed by atoms with E-state index in [9.17, 15) is 5.11 Å². The molecule has 0 aliphatic carbocycles. The molecule has 0 radical (unpaired) electrons. The molecular weight excluding hydrogens is 1780 g/mol. The van der Waals surface area contributed by atoms with Crippen molar-refractivity contribution < 1.29 is 57.2 Å². The van der Waals surface area contributed by atoms with E-state index in [0.717, 1.165) is 165 Å². The summed E-state index contributed by atoms with van der Waals surface area (Å²) in [6, 6.07) is 39.0. The lowest BCUT2D eigenvalue weighted by Gasteiger charge is -2.35. The van der Waals surface area contributed by atoms with Gasteiger partial charge in [-0.15, -0.1) is 16.4 Å². The van der Waals surface area contributed by atoms with Crippen LogP contribution in [0, 0.1) is 0 Å². The van der Waals surface area contributed by atoms with Crippen molar-refractivity contribution >= 4 is 123 Å². The fraction of sp³-hybridized carbons (Fsp3) is 0.495. The average molecular weight is 1910 g/mol. The van der Waals surface area contributed by atoms with Gasteiger partial charge in [0.25, 0.3) is 0 Å².